The Balaban J connectivity index is 2.45. The lowest BCUT2D eigenvalue weighted by molar-refractivity contribution is 0.0955. The van der Waals surface area contributed by atoms with Gasteiger partial charge in [-0.2, -0.15) is 0 Å². The molecule has 0 heterocycles. The van der Waals surface area contributed by atoms with Gasteiger partial charge in [0.05, 0.1) is 5.56 Å². The van der Waals surface area contributed by atoms with Crippen LogP contribution in [0.2, 0.25) is 0 Å². The van der Waals surface area contributed by atoms with Crippen LogP contribution >= 0.6 is 0 Å². The lowest BCUT2D eigenvalue weighted by Gasteiger charge is -2.07. The first kappa shape index (κ1) is 11.2. The molecule has 86 valence electrons. The second-order valence-electron chi connectivity index (χ2n) is 3.68. The number of hydrogen-bond donors (Lipinski definition) is 2. The Hall–Kier alpha value is -2.29. The fourth-order valence-corrected chi connectivity index (χ4v) is 1.70. The summed E-state index contributed by atoms with van der Waals surface area (Å²) in [5.74, 6) is -0.280. The minimum atomic E-state index is -0.298. The predicted octanol–water partition coefficient (Wildman–Crippen LogP) is 2.46. The summed E-state index contributed by atoms with van der Waals surface area (Å²) >= 11 is 0. The Morgan fingerprint density at radius 1 is 1.29 bits per heavy atom. The lowest BCUT2D eigenvalue weighted by Crippen LogP contribution is -2.23. The van der Waals surface area contributed by atoms with E-state index >= 15 is 0 Å². The molecule has 0 aliphatic heterocycles. The van der Waals surface area contributed by atoms with Crippen molar-refractivity contribution >= 4 is 16.7 Å². The van der Waals surface area contributed by atoms with Crippen LogP contribution in [0.15, 0.2) is 49.1 Å². The summed E-state index contributed by atoms with van der Waals surface area (Å²) in [4.78, 5) is 11.7. The molecule has 0 aromatic heterocycles. The van der Waals surface area contributed by atoms with Crippen LogP contribution in [-0.2, 0) is 0 Å². The first-order valence-electron chi connectivity index (χ1n) is 5.34. The largest absolute Gasteiger partial charge is 0.506 e. The number of amides is 1. The Kier molecular flexibility index (Phi) is 3.10. The zero-order valence-corrected chi connectivity index (χ0v) is 9.31. The molecule has 0 aliphatic carbocycles. The molecule has 0 spiro atoms. The van der Waals surface area contributed by atoms with Crippen molar-refractivity contribution in [3.05, 3.63) is 54.6 Å². The van der Waals surface area contributed by atoms with Gasteiger partial charge in [0.2, 0.25) is 0 Å². The van der Waals surface area contributed by atoms with E-state index in [9.17, 15) is 9.90 Å². The number of phenolic OH excluding ortho intramolecular Hbond substituents is 1. The van der Waals surface area contributed by atoms with Crippen molar-refractivity contribution in [2.24, 2.45) is 0 Å². The van der Waals surface area contributed by atoms with E-state index in [1.165, 1.54) is 0 Å². The van der Waals surface area contributed by atoms with Gasteiger partial charge in [-0.05, 0) is 11.5 Å². The Morgan fingerprint density at radius 3 is 2.82 bits per heavy atom. The zero-order valence-electron chi connectivity index (χ0n) is 9.31. The maximum absolute atomic E-state index is 11.7. The average molecular weight is 227 g/mol. The maximum Gasteiger partial charge on any atom is 0.255 e. The maximum atomic E-state index is 11.7. The van der Waals surface area contributed by atoms with E-state index in [0.717, 1.165) is 5.39 Å². The minimum Gasteiger partial charge on any atom is -0.506 e. The fraction of sp³-hybridized carbons (Fsp3) is 0.0714. The van der Waals surface area contributed by atoms with Gasteiger partial charge in [0.1, 0.15) is 5.75 Å². The quantitative estimate of drug-likeness (QED) is 0.791. The molecule has 0 saturated carbocycles. The monoisotopic (exact) mass is 227 g/mol. The molecule has 0 saturated heterocycles. The van der Waals surface area contributed by atoms with Crippen molar-refractivity contribution in [1.29, 1.82) is 0 Å². The van der Waals surface area contributed by atoms with Gasteiger partial charge in [-0.3, -0.25) is 4.79 Å². The number of fused-ring (bicyclic) bond motifs is 1. The van der Waals surface area contributed by atoms with Crippen LogP contribution < -0.4 is 5.32 Å². The van der Waals surface area contributed by atoms with Crippen LogP contribution in [0, 0.1) is 0 Å². The first-order chi connectivity index (χ1) is 8.24. The zero-order chi connectivity index (χ0) is 12.3. The van der Waals surface area contributed by atoms with Crippen molar-refractivity contribution in [3.63, 3.8) is 0 Å². The number of carbonyl (C=O) groups excluding carboxylic acids is 1. The fourth-order valence-electron chi connectivity index (χ4n) is 1.70. The van der Waals surface area contributed by atoms with Crippen molar-refractivity contribution < 1.29 is 9.90 Å². The number of carbonyl (C=O) groups is 1. The topological polar surface area (TPSA) is 49.3 Å². The smallest absolute Gasteiger partial charge is 0.255 e. The molecule has 2 aromatic carbocycles. The molecular formula is C14H13NO2. The molecule has 0 atom stereocenters. The van der Waals surface area contributed by atoms with Gasteiger partial charge >= 0.3 is 0 Å². The second-order valence-corrected chi connectivity index (χ2v) is 3.68. The SMILES string of the molecule is C=CCNC(=O)c1ccc2ccccc2c1O. The Labute approximate surface area is 99.4 Å². The highest BCUT2D eigenvalue weighted by atomic mass is 16.3. The Morgan fingerprint density at radius 2 is 2.06 bits per heavy atom. The normalized spacial score (nSPS) is 10.1. The van der Waals surface area contributed by atoms with E-state index < -0.39 is 0 Å². The van der Waals surface area contributed by atoms with Crippen LogP contribution in [0.1, 0.15) is 10.4 Å². The van der Waals surface area contributed by atoms with Crippen molar-refractivity contribution in [2.75, 3.05) is 6.54 Å². The van der Waals surface area contributed by atoms with Crippen LogP contribution in [0.4, 0.5) is 0 Å². The molecule has 2 rings (SSSR count). The molecule has 0 radical (unpaired) electrons. The summed E-state index contributed by atoms with van der Waals surface area (Å²) in [6.45, 7) is 3.90. The molecule has 17 heavy (non-hydrogen) atoms. The average Bonchev–Trinajstić information content (AvgIpc) is 2.37. The number of rotatable bonds is 3. The lowest BCUT2D eigenvalue weighted by atomic mass is 10.0. The van der Waals surface area contributed by atoms with Gasteiger partial charge in [0.15, 0.2) is 0 Å². The molecule has 3 heteroatoms. The molecule has 0 bridgehead atoms. The van der Waals surface area contributed by atoms with Gasteiger partial charge in [-0.25, -0.2) is 0 Å². The molecule has 1 amide bonds. The van der Waals surface area contributed by atoms with Crippen LogP contribution in [0.3, 0.4) is 0 Å². The van der Waals surface area contributed by atoms with Gasteiger partial charge in [-0.1, -0.05) is 36.4 Å². The van der Waals surface area contributed by atoms with Gasteiger partial charge in [0, 0.05) is 11.9 Å². The summed E-state index contributed by atoms with van der Waals surface area (Å²) in [6.07, 6.45) is 1.59. The summed E-state index contributed by atoms with van der Waals surface area (Å²) in [6, 6.07) is 10.8. The van der Waals surface area contributed by atoms with E-state index in [4.69, 9.17) is 0 Å². The molecule has 0 unspecified atom stereocenters. The van der Waals surface area contributed by atoms with Crippen LogP contribution in [0.5, 0.6) is 5.75 Å². The van der Waals surface area contributed by atoms with Gasteiger partial charge < -0.3 is 10.4 Å². The molecule has 2 N–H and O–H groups in total. The highest BCUT2D eigenvalue weighted by Gasteiger charge is 2.12. The number of nitrogens with one attached hydrogen (secondary N) is 1. The molecule has 0 aliphatic rings. The highest BCUT2D eigenvalue weighted by Crippen LogP contribution is 2.28. The number of hydrogen-bond acceptors (Lipinski definition) is 2. The highest BCUT2D eigenvalue weighted by molar-refractivity contribution is 6.03. The van der Waals surface area contributed by atoms with Gasteiger partial charge in [0.25, 0.3) is 5.91 Å². The van der Waals surface area contributed by atoms with Gasteiger partial charge in [-0.15, -0.1) is 6.58 Å². The summed E-state index contributed by atoms with van der Waals surface area (Å²) < 4.78 is 0. The minimum absolute atomic E-state index is 0.0182. The summed E-state index contributed by atoms with van der Waals surface area (Å²) in [5.41, 5.74) is 0.283. The summed E-state index contributed by atoms with van der Waals surface area (Å²) in [5, 5.41) is 14.3. The molecular weight excluding hydrogens is 214 g/mol. The van der Waals surface area contributed by atoms with Crippen LogP contribution in [-0.4, -0.2) is 17.6 Å². The van der Waals surface area contributed by atoms with Crippen molar-refractivity contribution in [3.8, 4) is 5.75 Å². The number of aromatic hydroxyl groups is 1. The second kappa shape index (κ2) is 4.70. The Bertz CT molecular complexity index is 575. The third kappa shape index (κ3) is 2.13. The third-order valence-corrected chi connectivity index (χ3v) is 2.55. The third-order valence-electron chi connectivity index (χ3n) is 2.55. The molecule has 0 fully saturated rings. The predicted molar refractivity (Wildman–Crippen MR) is 68.1 cm³/mol. The standard InChI is InChI=1S/C14H13NO2/c1-2-9-15-14(17)12-8-7-10-5-3-4-6-11(10)13(12)16/h2-8,16H,1,9H2,(H,15,17). The first-order valence-corrected chi connectivity index (χ1v) is 5.34. The van der Waals surface area contributed by atoms with Crippen molar-refractivity contribution in [2.45, 2.75) is 0 Å². The van der Waals surface area contributed by atoms with Crippen LogP contribution in [0.25, 0.3) is 10.8 Å². The summed E-state index contributed by atoms with van der Waals surface area (Å²) in [7, 11) is 0. The van der Waals surface area contributed by atoms with E-state index in [1.54, 1.807) is 18.2 Å². The van der Waals surface area contributed by atoms with E-state index in [0.29, 0.717) is 11.9 Å². The van der Waals surface area contributed by atoms with Crippen molar-refractivity contribution in [1.82, 2.24) is 5.32 Å². The van der Waals surface area contributed by atoms with E-state index in [1.807, 2.05) is 24.3 Å². The molecule has 2 aromatic rings. The van der Waals surface area contributed by atoms with E-state index in [2.05, 4.69) is 11.9 Å². The molecule has 3 nitrogen and oxygen atoms in total. The van der Waals surface area contributed by atoms with E-state index in [-0.39, 0.29) is 17.2 Å². The number of phenols is 1. The number of benzene rings is 2.